The Hall–Kier alpha value is -0.870. The molecule has 1 heterocycles. The first-order chi connectivity index (χ1) is 8.27. The van der Waals surface area contributed by atoms with Gasteiger partial charge in [0.1, 0.15) is 0 Å². The summed E-state index contributed by atoms with van der Waals surface area (Å²) in [7, 11) is 1.76. The third-order valence-corrected chi connectivity index (χ3v) is 2.95. The summed E-state index contributed by atoms with van der Waals surface area (Å²) in [6, 6.07) is 0.387. The predicted molar refractivity (Wildman–Crippen MR) is 70.0 cm³/mol. The molecule has 1 aromatic heterocycles. The molecule has 98 valence electrons. The second kappa shape index (κ2) is 8.25. The molecule has 0 aliphatic rings. The SMILES string of the molecule is CCn1cc(C(C)NCCCCCOC)cn1. The monoisotopic (exact) mass is 239 g/mol. The molecule has 1 rings (SSSR count). The van der Waals surface area contributed by atoms with Crippen LogP contribution in [0, 0.1) is 0 Å². The third kappa shape index (κ3) is 5.33. The Morgan fingerprint density at radius 1 is 1.41 bits per heavy atom. The van der Waals surface area contributed by atoms with Crippen molar-refractivity contribution in [2.24, 2.45) is 0 Å². The van der Waals surface area contributed by atoms with E-state index in [1.807, 2.05) is 10.9 Å². The van der Waals surface area contributed by atoms with Crippen molar-refractivity contribution < 1.29 is 4.74 Å². The van der Waals surface area contributed by atoms with Gasteiger partial charge in [0, 0.05) is 38.1 Å². The Balaban J connectivity index is 2.14. The van der Waals surface area contributed by atoms with Gasteiger partial charge in [0.05, 0.1) is 6.20 Å². The van der Waals surface area contributed by atoms with Crippen molar-refractivity contribution in [1.82, 2.24) is 15.1 Å². The van der Waals surface area contributed by atoms with E-state index in [1.165, 1.54) is 18.4 Å². The van der Waals surface area contributed by atoms with E-state index in [0.29, 0.717) is 6.04 Å². The Morgan fingerprint density at radius 2 is 2.24 bits per heavy atom. The van der Waals surface area contributed by atoms with Crippen molar-refractivity contribution in [3.8, 4) is 0 Å². The van der Waals surface area contributed by atoms with Gasteiger partial charge in [0.15, 0.2) is 0 Å². The average molecular weight is 239 g/mol. The van der Waals surface area contributed by atoms with E-state index < -0.39 is 0 Å². The van der Waals surface area contributed by atoms with Crippen LogP contribution in [0.5, 0.6) is 0 Å². The van der Waals surface area contributed by atoms with Crippen molar-refractivity contribution in [2.45, 2.75) is 45.7 Å². The molecular formula is C13H25N3O. The number of methoxy groups -OCH3 is 1. The topological polar surface area (TPSA) is 39.1 Å². The Labute approximate surface area is 104 Å². The molecule has 1 atom stereocenters. The van der Waals surface area contributed by atoms with Crippen LogP contribution in [0.2, 0.25) is 0 Å². The van der Waals surface area contributed by atoms with Crippen LogP contribution in [-0.2, 0) is 11.3 Å². The average Bonchev–Trinajstić information content (AvgIpc) is 2.82. The van der Waals surface area contributed by atoms with Gasteiger partial charge in [-0.25, -0.2) is 0 Å². The molecule has 0 fully saturated rings. The van der Waals surface area contributed by atoms with Crippen LogP contribution in [0.1, 0.15) is 44.7 Å². The standard InChI is InChI=1S/C13H25N3O/c1-4-16-11-13(10-15-16)12(2)14-8-6-5-7-9-17-3/h10-12,14H,4-9H2,1-3H3. The van der Waals surface area contributed by atoms with E-state index in [4.69, 9.17) is 4.74 Å². The van der Waals surface area contributed by atoms with Crippen LogP contribution in [0.15, 0.2) is 12.4 Å². The maximum Gasteiger partial charge on any atom is 0.0537 e. The number of nitrogens with zero attached hydrogens (tertiary/aromatic N) is 2. The summed E-state index contributed by atoms with van der Waals surface area (Å²) >= 11 is 0. The molecule has 1 N–H and O–H groups in total. The first-order valence-corrected chi connectivity index (χ1v) is 6.52. The van der Waals surface area contributed by atoms with Crippen molar-refractivity contribution in [3.63, 3.8) is 0 Å². The lowest BCUT2D eigenvalue weighted by Crippen LogP contribution is -2.19. The second-order valence-corrected chi connectivity index (χ2v) is 4.36. The number of aryl methyl sites for hydroxylation is 1. The number of rotatable bonds is 9. The molecule has 1 aromatic rings. The molecule has 0 aliphatic carbocycles. The van der Waals surface area contributed by atoms with Crippen molar-refractivity contribution >= 4 is 0 Å². The number of ether oxygens (including phenoxy) is 1. The molecule has 0 radical (unpaired) electrons. The van der Waals surface area contributed by atoms with E-state index in [2.05, 4.69) is 30.5 Å². The molecule has 0 saturated carbocycles. The Morgan fingerprint density at radius 3 is 2.88 bits per heavy atom. The van der Waals surface area contributed by atoms with Gasteiger partial charge in [-0.2, -0.15) is 5.10 Å². The lowest BCUT2D eigenvalue weighted by atomic mass is 10.2. The summed E-state index contributed by atoms with van der Waals surface area (Å²) < 4.78 is 6.99. The van der Waals surface area contributed by atoms with E-state index in [1.54, 1.807) is 7.11 Å². The zero-order valence-corrected chi connectivity index (χ0v) is 11.3. The smallest absolute Gasteiger partial charge is 0.0537 e. The van der Waals surface area contributed by atoms with E-state index in [0.717, 1.165) is 26.1 Å². The van der Waals surface area contributed by atoms with E-state index >= 15 is 0 Å². The van der Waals surface area contributed by atoms with Crippen LogP contribution < -0.4 is 5.32 Å². The van der Waals surface area contributed by atoms with Crippen molar-refractivity contribution in [2.75, 3.05) is 20.3 Å². The van der Waals surface area contributed by atoms with Crippen LogP contribution >= 0.6 is 0 Å². The largest absolute Gasteiger partial charge is 0.385 e. The number of nitrogens with one attached hydrogen (secondary N) is 1. The minimum absolute atomic E-state index is 0.387. The summed E-state index contributed by atoms with van der Waals surface area (Å²) in [6.45, 7) is 7.15. The maximum atomic E-state index is 5.02. The van der Waals surface area contributed by atoms with E-state index in [-0.39, 0.29) is 0 Å². The van der Waals surface area contributed by atoms with Crippen LogP contribution in [0.4, 0.5) is 0 Å². The highest BCUT2D eigenvalue weighted by atomic mass is 16.5. The molecule has 0 bridgehead atoms. The van der Waals surface area contributed by atoms with Gasteiger partial charge in [-0.05, 0) is 39.7 Å². The molecule has 0 saturated heterocycles. The van der Waals surface area contributed by atoms with Crippen molar-refractivity contribution in [3.05, 3.63) is 18.0 Å². The molecule has 4 nitrogen and oxygen atoms in total. The first kappa shape index (κ1) is 14.2. The normalized spacial score (nSPS) is 12.9. The third-order valence-electron chi connectivity index (χ3n) is 2.95. The van der Waals surface area contributed by atoms with Gasteiger partial charge < -0.3 is 10.1 Å². The molecular weight excluding hydrogens is 214 g/mol. The fraction of sp³-hybridized carbons (Fsp3) is 0.769. The first-order valence-electron chi connectivity index (χ1n) is 6.52. The maximum absolute atomic E-state index is 5.02. The quantitative estimate of drug-likeness (QED) is 0.672. The second-order valence-electron chi connectivity index (χ2n) is 4.36. The predicted octanol–water partition coefficient (Wildman–Crippen LogP) is 2.37. The van der Waals surface area contributed by atoms with Crippen LogP contribution in [0.3, 0.4) is 0 Å². The van der Waals surface area contributed by atoms with Gasteiger partial charge in [-0.15, -0.1) is 0 Å². The van der Waals surface area contributed by atoms with Gasteiger partial charge in [0.2, 0.25) is 0 Å². The molecule has 17 heavy (non-hydrogen) atoms. The lowest BCUT2D eigenvalue weighted by molar-refractivity contribution is 0.192. The van der Waals surface area contributed by atoms with Gasteiger partial charge >= 0.3 is 0 Å². The highest BCUT2D eigenvalue weighted by molar-refractivity contribution is 5.08. The zero-order valence-electron chi connectivity index (χ0n) is 11.3. The number of hydrogen-bond donors (Lipinski definition) is 1. The molecule has 0 amide bonds. The minimum Gasteiger partial charge on any atom is -0.385 e. The summed E-state index contributed by atoms with van der Waals surface area (Å²) in [6.07, 6.45) is 7.65. The highest BCUT2D eigenvalue weighted by Crippen LogP contribution is 2.10. The molecule has 0 spiro atoms. The summed E-state index contributed by atoms with van der Waals surface area (Å²) in [4.78, 5) is 0. The molecule has 4 heteroatoms. The van der Waals surface area contributed by atoms with Crippen LogP contribution in [0.25, 0.3) is 0 Å². The fourth-order valence-electron chi connectivity index (χ4n) is 1.76. The highest BCUT2D eigenvalue weighted by Gasteiger charge is 2.06. The zero-order chi connectivity index (χ0) is 12.5. The van der Waals surface area contributed by atoms with Crippen LogP contribution in [-0.4, -0.2) is 30.0 Å². The Bertz CT molecular complexity index is 299. The Kier molecular flexibility index (Phi) is 6.89. The van der Waals surface area contributed by atoms with E-state index in [9.17, 15) is 0 Å². The molecule has 0 aromatic carbocycles. The number of unbranched alkanes of at least 4 members (excludes halogenated alkanes) is 2. The molecule has 0 aliphatic heterocycles. The number of hydrogen-bond acceptors (Lipinski definition) is 3. The molecule has 1 unspecified atom stereocenters. The lowest BCUT2D eigenvalue weighted by Gasteiger charge is -2.11. The minimum atomic E-state index is 0.387. The summed E-state index contributed by atoms with van der Waals surface area (Å²) in [5, 5.41) is 7.80. The van der Waals surface area contributed by atoms with Gasteiger partial charge in [0.25, 0.3) is 0 Å². The summed E-state index contributed by atoms with van der Waals surface area (Å²) in [5.41, 5.74) is 1.27. The fourth-order valence-corrected chi connectivity index (χ4v) is 1.76. The van der Waals surface area contributed by atoms with Crippen molar-refractivity contribution in [1.29, 1.82) is 0 Å². The number of aromatic nitrogens is 2. The van der Waals surface area contributed by atoms with Gasteiger partial charge in [-0.3, -0.25) is 4.68 Å². The summed E-state index contributed by atoms with van der Waals surface area (Å²) in [5.74, 6) is 0. The van der Waals surface area contributed by atoms with Gasteiger partial charge in [-0.1, -0.05) is 0 Å².